The molecule has 2 aromatic rings. The number of halogens is 1. The fraction of sp³-hybridized carbons (Fsp3) is 0.286. The van der Waals surface area contributed by atoms with Crippen LogP contribution in [0.1, 0.15) is 23.6 Å². The van der Waals surface area contributed by atoms with Crippen molar-refractivity contribution >= 4 is 17.8 Å². The molecule has 0 aromatic heterocycles. The van der Waals surface area contributed by atoms with Gasteiger partial charge in [0.2, 0.25) is 11.8 Å². The number of aryl methyl sites for hydroxylation is 1. The molecule has 6 nitrogen and oxygen atoms in total. The van der Waals surface area contributed by atoms with Gasteiger partial charge in [0.1, 0.15) is 17.9 Å². The lowest BCUT2D eigenvalue weighted by Gasteiger charge is -2.21. The van der Waals surface area contributed by atoms with Crippen LogP contribution in [-0.4, -0.2) is 35.0 Å². The van der Waals surface area contributed by atoms with E-state index in [9.17, 15) is 23.9 Å². The van der Waals surface area contributed by atoms with Crippen molar-refractivity contribution in [3.05, 3.63) is 71.0 Å². The first kappa shape index (κ1) is 21.1. The maximum absolute atomic E-state index is 13.4. The molecule has 0 spiro atoms. The summed E-state index contributed by atoms with van der Waals surface area (Å²) >= 11 is 0. The number of nitrogens with one attached hydrogen (secondary N) is 2. The minimum atomic E-state index is -1.18. The van der Waals surface area contributed by atoms with Crippen molar-refractivity contribution in [2.75, 3.05) is 0 Å². The number of benzene rings is 2. The molecule has 2 amide bonds. The van der Waals surface area contributed by atoms with Crippen LogP contribution in [-0.2, 0) is 27.2 Å². The maximum Gasteiger partial charge on any atom is 0.326 e. The van der Waals surface area contributed by atoms with E-state index in [0.29, 0.717) is 5.56 Å². The molecule has 0 unspecified atom stereocenters. The van der Waals surface area contributed by atoms with Gasteiger partial charge in [0.25, 0.3) is 0 Å². The average Bonchev–Trinajstić information content (AvgIpc) is 2.61. The highest BCUT2D eigenvalue weighted by Gasteiger charge is 2.26. The highest BCUT2D eigenvalue weighted by molar-refractivity contribution is 5.90. The number of hydrogen-bond acceptors (Lipinski definition) is 3. The molecule has 2 aromatic carbocycles. The first-order valence-electron chi connectivity index (χ1n) is 8.85. The fourth-order valence-electron chi connectivity index (χ4n) is 2.89. The molecule has 2 atom stereocenters. The first-order chi connectivity index (χ1) is 13.3. The molecule has 0 aliphatic carbocycles. The van der Waals surface area contributed by atoms with Crippen LogP contribution in [0.2, 0.25) is 0 Å². The molecule has 0 aliphatic heterocycles. The number of hydrogen-bond donors (Lipinski definition) is 3. The Labute approximate surface area is 162 Å². The molecule has 0 fully saturated rings. The minimum Gasteiger partial charge on any atom is -0.480 e. The molecule has 0 aliphatic rings. The molecule has 0 saturated heterocycles. The molecule has 7 heteroatoms. The summed E-state index contributed by atoms with van der Waals surface area (Å²) < 4.78 is 13.4. The Bertz CT molecular complexity index is 869. The van der Waals surface area contributed by atoms with E-state index in [0.717, 1.165) is 11.1 Å². The number of rotatable bonds is 8. The average molecular weight is 386 g/mol. The van der Waals surface area contributed by atoms with E-state index in [-0.39, 0.29) is 12.8 Å². The van der Waals surface area contributed by atoms with Gasteiger partial charge in [-0.3, -0.25) is 9.59 Å². The SMILES string of the molecule is CC(=O)N[C@H](Cc1cccc(F)c1)C(=O)N[C@H](Cc1ccccc1C)C(=O)O. The fourth-order valence-corrected chi connectivity index (χ4v) is 2.89. The van der Waals surface area contributed by atoms with Gasteiger partial charge in [-0.05, 0) is 35.7 Å². The molecule has 3 N–H and O–H groups in total. The van der Waals surface area contributed by atoms with Crippen LogP contribution in [0, 0.1) is 12.7 Å². The van der Waals surface area contributed by atoms with Crippen molar-refractivity contribution in [3.63, 3.8) is 0 Å². The van der Waals surface area contributed by atoms with Crippen molar-refractivity contribution < 1.29 is 23.9 Å². The highest BCUT2D eigenvalue weighted by atomic mass is 19.1. The Hall–Kier alpha value is -3.22. The van der Waals surface area contributed by atoms with Crippen LogP contribution in [0.5, 0.6) is 0 Å². The van der Waals surface area contributed by atoms with Gasteiger partial charge in [0.15, 0.2) is 0 Å². The lowest BCUT2D eigenvalue weighted by molar-refractivity contribution is -0.142. The smallest absolute Gasteiger partial charge is 0.326 e. The largest absolute Gasteiger partial charge is 0.480 e. The number of carboxylic acids is 1. The van der Waals surface area contributed by atoms with E-state index in [1.807, 2.05) is 19.1 Å². The van der Waals surface area contributed by atoms with E-state index in [1.54, 1.807) is 18.2 Å². The molecule has 0 saturated carbocycles. The van der Waals surface area contributed by atoms with Crippen LogP contribution in [0.25, 0.3) is 0 Å². The second-order valence-corrected chi connectivity index (χ2v) is 6.62. The zero-order valence-corrected chi connectivity index (χ0v) is 15.7. The maximum atomic E-state index is 13.4. The third-order valence-corrected chi connectivity index (χ3v) is 4.32. The summed E-state index contributed by atoms with van der Waals surface area (Å²) in [4.78, 5) is 35.8. The quantitative estimate of drug-likeness (QED) is 0.647. The van der Waals surface area contributed by atoms with Gasteiger partial charge >= 0.3 is 5.97 Å². The summed E-state index contributed by atoms with van der Waals surface area (Å²) in [7, 11) is 0. The van der Waals surface area contributed by atoms with E-state index < -0.39 is 35.7 Å². The van der Waals surface area contributed by atoms with Gasteiger partial charge in [0, 0.05) is 19.8 Å². The third-order valence-electron chi connectivity index (χ3n) is 4.32. The monoisotopic (exact) mass is 386 g/mol. The lowest BCUT2D eigenvalue weighted by atomic mass is 10.00. The molecule has 0 bridgehead atoms. The second kappa shape index (κ2) is 9.64. The Kier molecular flexibility index (Phi) is 7.26. The highest BCUT2D eigenvalue weighted by Crippen LogP contribution is 2.11. The summed E-state index contributed by atoms with van der Waals surface area (Å²) in [5, 5.41) is 14.5. The number of carbonyl (C=O) groups is 3. The molecular weight excluding hydrogens is 363 g/mol. The zero-order valence-electron chi connectivity index (χ0n) is 15.7. The van der Waals surface area contributed by atoms with E-state index >= 15 is 0 Å². The Morgan fingerprint density at radius 2 is 1.71 bits per heavy atom. The van der Waals surface area contributed by atoms with Gasteiger partial charge in [-0.25, -0.2) is 9.18 Å². The van der Waals surface area contributed by atoms with Gasteiger partial charge < -0.3 is 15.7 Å². The minimum absolute atomic E-state index is 0.0415. The van der Waals surface area contributed by atoms with Crippen molar-refractivity contribution in [1.29, 1.82) is 0 Å². The Morgan fingerprint density at radius 3 is 2.32 bits per heavy atom. The van der Waals surface area contributed by atoms with Gasteiger partial charge in [-0.15, -0.1) is 0 Å². The molecule has 0 heterocycles. The van der Waals surface area contributed by atoms with Crippen molar-refractivity contribution in [3.8, 4) is 0 Å². The molecule has 2 rings (SSSR count). The summed E-state index contributed by atoms with van der Waals surface area (Å²) in [5.41, 5.74) is 2.23. The van der Waals surface area contributed by atoms with Gasteiger partial charge in [0.05, 0.1) is 0 Å². The summed E-state index contributed by atoms with van der Waals surface area (Å²) in [6.07, 6.45) is 0.153. The lowest BCUT2D eigenvalue weighted by Crippen LogP contribution is -2.52. The molecule has 0 radical (unpaired) electrons. The number of carbonyl (C=O) groups excluding carboxylic acids is 2. The summed E-state index contributed by atoms with van der Waals surface area (Å²) in [5.74, 6) is -2.71. The second-order valence-electron chi connectivity index (χ2n) is 6.62. The van der Waals surface area contributed by atoms with Gasteiger partial charge in [-0.1, -0.05) is 36.4 Å². The Morgan fingerprint density at radius 1 is 1.00 bits per heavy atom. The predicted molar refractivity (Wildman–Crippen MR) is 102 cm³/mol. The standard InChI is InChI=1S/C21H23FN2O4/c1-13-6-3-4-8-16(13)12-19(21(27)28)24-20(26)18(23-14(2)25)11-15-7-5-9-17(22)10-15/h3-10,18-19H,11-12H2,1-2H3,(H,23,25)(H,24,26)(H,27,28)/t18-,19-/m1/s1. The van der Waals surface area contributed by atoms with Crippen LogP contribution < -0.4 is 10.6 Å². The summed E-state index contributed by atoms with van der Waals surface area (Å²) in [6, 6.07) is 10.8. The predicted octanol–water partition coefficient (Wildman–Crippen LogP) is 1.99. The normalized spacial score (nSPS) is 12.7. The molecule has 28 heavy (non-hydrogen) atoms. The zero-order chi connectivity index (χ0) is 20.7. The van der Waals surface area contributed by atoms with Crippen LogP contribution in [0.4, 0.5) is 4.39 Å². The molecule has 148 valence electrons. The Balaban J connectivity index is 2.15. The third kappa shape index (κ3) is 6.19. The van der Waals surface area contributed by atoms with Crippen LogP contribution >= 0.6 is 0 Å². The number of aliphatic carboxylic acids is 1. The van der Waals surface area contributed by atoms with Crippen LogP contribution in [0.15, 0.2) is 48.5 Å². The van der Waals surface area contributed by atoms with Crippen LogP contribution in [0.3, 0.4) is 0 Å². The van der Waals surface area contributed by atoms with Crippen molar-refractivity contribution in [2.45, 2.75) is 38.8 Å². The first-order valence-corrected chi connectivity index (χ1v) is 8.85. The number of amides is 2. The van der Waals surface area contributed by atoms with E-state index in [4.69, 9.17) is 0 Å². The van der Waals surface area contributed by atoms with Crippen molar-refractivity contribution in [2.24, 2.45) is 0 Å². The molecular formula is C21H23FN2O4. The summed E-state index contributed by atoms with van der Waals surface area (Å²) in [6.45, 7) is 3.12. The van der Waals surface area contributed by atoms with Gasteiger partial charge in [-0.2, -0.15) is 0 Å². The van der Waals surface area contributed by atoms with E-state index in [1.165, 1.54) is 25.1 Å². The van der Waals surface area contributed by atoms with E-state index in [2.05, 4.69) is 10.6 Å². The van der Waals surface area contributed by atoms with Crippen molar-refractivity contribution in [1.82, 2.24) is 10.6 Å². The topological polar surface area (TPSA) is 95.5 Å². The number of carboxylic acid groups (broad SMARTS) is 1.